The fourth-order valence-corrected chi connectivity index (χ4v) is 8.55. The highest BCUT2D eigenvalue weighted by Crippen LogP contribution is 2.41. The number of aliphatic hydroxyl groups excluding tert-OH is 3. The van der Waals surface area contributed by atoms with Gasteiger partial charge in [-0.05, 0) is 117 Å². The van der Waals surface area contributed by atoms with Gasteiger partial charge in [0.25, 0.3) is 0 Å². The van der Waals surface area contributed by atoms with Crippen LogP contribution in [0.2, 0.25) is 0 Å². The minimum atomic E-state index is -1.31. The van der Waals surface area contributed by atoms with Gasteiger partial charge in [-0.15, -0.1) is 0 Å². The lowest BCUT2D eigenvalue weighted by molar-refractivity contribution is -0.140. The Morgan fingerprint density at radius 1 is 0.316 bits per heavy atom. The number of hydrogen-bond acceptors (Lipinski definition) is 24. The highest BCUT2D eigenvalue weighted by molar-refractivity contribution is 6.05. The number of carbonyl (C=O) groups is 9. The lowest BCUT2D eigenvalue weighted by Crippen LogP contribution is -2.27. The number of ether oxygens (including phenoxy) is 12. The van der Waals surface area contributed by atoms with E-state index in [-0.39, 0.29) is 110 Å². The molecule has 0 aliphatic heterocycles. The number of aliphatic hydroxyl groups is 3. The molecule has 0 spiro atoms. The third kappa shape index (κ3) is 22.1. The van der Waals surface area contributed by atoms with E-state index in [1.54, 1.807) is 36.4 Å². The van der Waals surface area contributed by atoms with Gasteiger partial charge in [0.05, 0.1) is 33.4 Å². The topological polar surface area (TPSA) is 325 Å². The third-order valence-corrected chi connectivity index (χ3v) is 13.6. The molecule has 0 saturated carbocycles. The van der Waals surface area contributed by atoms with Crippen LogP contribution in [0.15, 0.2) is 182 Å². The standard InChI is InChI=1S/C71H72O24/c1-44(2)62(75)84-32-35-87-65(78)56-14-8-11-17-59(56)68(81)93-41-50(72)38-90-53-26-20-47(21-27-53)71(7,48-22-28-54(29-23-48)91-39-51(73)42-94-69(82)60-18-12-9-15-57(60)66(79)88-36-33-85-63(76)45(3)4)49-24-30-55(31-25-49)92-40-52(74)43-95-70(83)61-19-13-10-16-58(61)67(80)89-37-34-86-64(77)46(5)6/h8-31,50-52,72-74H,1,3,5,32-43H2,2,4,6-7H3. The molecule has 0 saturated heterocycles. The van der Waals surface area contributed by atoms with Crippen molar-refractivity contribution in [1.29, 1.82) is 0 Å². The quantitative estimate of drug-likeness (QED) is 0.0112. The van der Waals surface area contributed by atoms with E-state index in [1.807, 2.05) is 43.3 Å². The van der Waals surface area contributed by atoms with E-state index < -0.39 is 97.3 Å². The maximum absolute atomic E-state index is 13.1. The highest BCUT2D eigenvalue weighted by atomic mass is 16.6. The van der Waals surface area contributed by atoms with Gasteiger partial charge in [0.15, 0.2) is 0 Å². The summed E-state index contributed by atoms with van der Waals surface area (Å²) < 4.78 is 64.0. The van der Waals surface area contributed by atoms with Crippen molar-refractivity contribution in [3.05, 3.63) is 232 Å². The van der Waals surface area contributed by atoms with Gasteiger partial charge in [0.2, 0.25) is 0 Å². The minimum Gasteiger partial charge on any atom is -0.491 e. The molecule has 24 nitrogen and oxygen atoms in total. The van der Waals surface area contributed by atoms with E-state index >= 15 is 0 Å². The van der Waals surface area contributed by atoms with Gasteiger partial charge >= 0.3 is 53.7 Å². The van der Waals surface area contributed by atoms with E-state index in [9.17, 15) is 58.5 Å². The molecule has 0 heterocycles. The summed E-state index contributed by atoms with van der Waals surface area (Å²) in [7, 11) is 0. The van der Waals surface area contributed by atoms with E-state index in [0.29, 0.717) is 17.2 Å². The van der Waals surface area contributed by atoms with Crippen LogP contribution in [0.1, 0.15) is 107 Å². The molecule has 24 heteroatoms. The van der Waals surface area contributed by atoms with Crippen molar-refractivity contribution in [3.8, 4) is 17.2 Å². The van der Waals surface area contributed by atoms with Crippen LogP contribution in [0.5, 0.6) is 17.2 Å². The van der Waals surface area contributed by atoms with Crippen LogP contribution in [0.3, 0.4) is 0 Å². The van der Waals surface area contributed by atoms with Crippen molar-refractivity contribution in [2.75, 3.05) is 79.3 Å². The second-order valence-corrected chi connectivity index (χ2v) is 21.2. The molecule has 0 fully saturated rings. The van der Waals surface area contributed by atoms with Crippen molar-refractivity contribution in [2.24, 2.45) is 0 Å². The molecule has 6 aromatic carbocycles. The Bertz CT molecular complexity index is 3320. The van der Waals surface area contributed by atoms with Gasteiger partial charge < -0.3 is 72.2 Å². The van der Waals surface area contributed by atoms with Gasteiger partial charge in [0.1, 0.15) is 115 Å². The van der Waals surface area contributed by atoms with Crippen LogP contribution in [0.4, 0.5) is 0 Å². The predicted octanol–water partition coefficient (Wildman–Crippen LogP) is 7.66. The first kappa shape index (κ1) is 73.1. The van der Waals surface area contributed by atoms with Gasteiger partial charge in [-0.3, -0.25) is 0 Å². The molecule has 0 aliphatic carbocycles. The van der Waals surface area contributed by atoms with Gasteiger partial charge in [0, 0.05) is 22.1 Å². The lowest BCUT2D eigenvalue weighted by Gasteiger charge is -2.32. The molecule has 0 aromatic heterocycles. The van der Waals surface area contributed by atoms with Crippen LogP contribution < -0.4 is 14.2 Å². The minimum absolute atomic E-state index is 0.108. The highest BCUT2D eigenvalue weighted by Gasteiger charge is 2.32. The Kier molecular flexibility index (Phi) is 28.0. The molecule has 0 amide bonds. The van der Waals surface area contributed by atoms with Crippen LogP contribution in [-0.2, 0) is 62.4 Å². The summed E-state index contributed by atoms with van der Waals surface area (Å²) >= 11 is 0. The largest absolute Gasteiger partial charge is 0.491 e. The second-order valence-electron chi connectivity index (χ2n) is 21.2. The first-order valence-electron chi connectivity index (χ1n) is 29.5. The number of carbonyl (C=O) groups excluding carboxylic acids is 9. The molecular formula is C71H72O24. The van der Waals surface area contributed by atoms with Crippen molar-refractivity contribution in [3.63, 3.8) is 0 Å². The van der Waals surface area contributed by atoms with Crippen LogP contribution in [-0.4, -0.2) is 167 Å². The Hall–Kier alpha value is -11.0. The number of hydrogen-bond donors (Lipinski definition) is 3. The SMILES string of the molecule is C=C(C)C(=O)OCCOC(=O)c1ccccc1C(=O)OCC(O)COc1ccc(C(C)(c2ccc(OCC(O)COC(=O)c3ccccc3C(=O)OCCOC(=O)C(=C)C)cc2)c2ccc(OCC(O)COC(=O)c3ccccc3C(=O)OCCOC(=O)C(=C)C)cc2)cc1. The smallest absolute Gasteiger partial charge is 0.339 e. The molecule has 3 N–H and O–H groups in total. The Morgan fingerprint density at radius 2 is 0.516 bits per heavy atom. The van der Waals surface area contributed by atoms with Crippen LogP contribution in [0.25, 0.3) is 0 Å². The zero-order valence-corrected chi connectivity index (χ0v) is 52.6. The number of rotatable bonds is 36. The van der Waals surface area contributed by atoms with Crippen molar-refractivity contribution >= 4 is 53.7 Å². The first-order valence-corrected chi connectivity index (χ1v) is 29.5. The average Bonchev–Trinajstić information content (AvgIpc) is 0.768. The fraction of sp³-hybridized carbons (Fsp3) is 0.282. The van der Waals surface area contributed by atoms with Crippen molar-refractivity contribution in [2.45, 2.75) is 51.4 Å². The number of benzene rings is 6. The summed E-state index contributed by atoms with van der Waals surface area (Å²) in [5, 5.41) is 32.5. The summed E-state index contributed by atoms with van der Waals surface area (Å²) in [4.78, 5) is 113. The molecule has 0 bridgehead atoms. The molecule has 500 valence electrons. The summed E-state index contributed by atoms with van der Waals surface area (Å²) in [5.74, 6) is -6.27. The Labute approximate surface area is 547 Å². The Balaban J connectivity index is 1.09. The molecule has 6 rings (SSSR count). The van der Waals surface area contributed by atoms with E-state index in [0.717, 1.165) is 16.7 Å². The summed E-state index contributed by atoms with van der Waals surface area (Å²) in [6, 6.07) is 38.2. The molecule has 95 heavy (non-hydrogen) atoms. The predicted molar refractivity (Wildman–Crippen MR) is 338 cm³/mol. The Morgan fingerprint density at radius 3 is 0.726 bits per heavy atom. The normalized spacial score (nSPS) is 12.3. The summed E-state index contributed by atoms with van der Waals surface area (Å²) in [6.07, 6.45) is -3.92. The lowest BCUT2D eigenvalue weighted by atomic mass is 9.71. The first-order chi connectivity index (χ1) is 45.5. The van der Waals surface area contributed by atoms with E-state index in [2.05, 4.69) is 19.7 Å². The van der Waals surface area contributed by atoms with E-state index in [1.165, 1.54) is 93.6 Å². The molecule has 6 aromatic rings. The van der Waals surface area contributed by atoms with Gasteiger partial charge in [-0.2, -0.15) is 0 Å². The van der Waals surface area contributed by atoms with E-state index in [4.69, 9.17) is 56.8 Å². The molecular weight excluding hydrogens is 1240 g/mol. The van der Waals surface area contributed by atoms with Crippen molar-refractivity contribution in [1.82, 2.24) is 0 Å². The van der Waals surface area contributed by atoms with Crippen LogP contribution >= 0.6 is 0 Å². The fourth-order valence-electron chi connectivity index (χ4n) is 8.55. The average molecular weight is 1310 g/mol. The maximum atomic E-state index is 13.1. The van der Waals surface area contributed by atoms with Gasteiger partial charge in [-0.1, -0.05) is 92.5 Å². The maximum Gasteiger partial charge on any atom is 0.339 e. The third-order valence-electron chi connectivity index (χ3n) is 13.6. The monoisotopic (exact) mass is 1310 g/mol. The van der Waals surface area contributed by atoms with Crippen LogP contribution in [0, 0.1) is 0 Å². The molecule has 0 radical (unpaired) electrons. The second kappa shape index (κ2) is 36.3. The summed E-state index contributed by atoms with van der Waals surface area (Å²) in [6.45, 7) is 12.9. The molecule has 3 atom stereocenters. The van der Waals surface area contributed by atoms with Gasteiger partial charge in [-0.25, -0.2) is 43.2 Å². The van der Waals surface area contributed by atoms with Crippen molar-refractivity contribution < 1.29 is 115 Å². The molecule has 0 aliphatic rings. The molecule has 3 unspecified atom stereocenters. The summed E-state index contributed by atoms with van der Waals surface area (Å²) in [5.41, 5.74) is 1.13. The number of esters is 9. The zero-order valence-electron chi connectivity index (χ0n) is 52.6. The zero-order chi connectivity index (χ0) is 69.0.